The van der Waals surface area contributed by atoms with Gasteiger partial charge in [-0.1, -0.05) is 6.08 Å². The lowest BCUT2D eigenvalue weighted by Crippen LogP contribution is -2.44. The van der Waals surface area contributed by atoms with Crippen molar-refractivity contribution in [2.75, 3.05) is 13.1 Å². The van der Waals surface area contributed by atoms with Gasteiger partial charge in [0.15, 0.2) is 0 Å². The van der Waals surface area contributed by atoms with Crippen molar-refractivity contribution in [2.45, 2.75) is 52.3 Å². The fourth-order valence-corrected chi connectivity index (χ4v) is 2.55. The van der Waals surface area contributed by atoms with E-state index in [0.717, 1.165) is 11.6 Å². The van der Waals surface area contributed by atoms with Crippen molar-refractivity contribution in [3.8, 4) is 0 Å². The molecule has 0 saturated heterocycles. The van der Waals surface area contributed by atoms with Crippen LogP contribution in [0.15, 0.2) is 18.2 Å². The number of hydrogen-bond acceptors (Lipinski definition) is 4. The minimum atomic E-state index is -4.48. The topological polar surface area (TPSA) is 45.6 Å². The summed E-state index contributed by atoms with van der Waals surface area (Å²) < 4.78 is 44.4. The molecule has 0 saturated carbocycles. The standard InChI is InChI=1S/C17H23F3N2O2/c1-11-8-13(9-14(21-11)17(18,19)20)12-6-5-7-22(10-12)15(23)24-16(2,3)4/h6,8-9,15,23H,5,7,10H2,1-4H3. The van der Waals surface area contributed by atoms with E-state index < -0.39 is 23.9 Å². The molecule has 0 fully saturated rings. The number of aliphatic hydroxyl groups is 1. The van der Waals surface area contributed by atoms with Gasteiger partial charge >= 0.3 is 6.18 Å². The maximum atomic E-state index is 13.0. The summed E-state index contributed by atoms with van der Waals surface area (Å²) in [7, 11) is 0. The third-order valence-corrected chi connectivity index (χ3v) is 3.57. The Morgan fingerprint density at radius 1 is 1.25 bits per heavy atom. The molecule has 134 valence electrons. The zero-order valence-electron chi connectivity index (χ0n) is 14.3. The predicted molar refractivity (Wildman–Crippen MR) is 85.0 cm³/mol. The first-order valence-electron chi connectivity index (χ1n) is 7.81. The summed E-state index contributed by atoms with van der Waals surface area (Å²) in [6.45, 7) is 7.93. The van der Waals surface area contributed by atoms with Crippen molar-refractivity contribution in [1.82, 2.24) is 9.88 Å². The summed E-state index contributed by atoms with van der Waals surface area (Å²) in [5, 5.41) is 10.2. The zero-order chi connectivity index (χ0) is 18.1. The average molecular weight is 344 g/mol. The third-order valence-electron chi connectivity index (χ3n) is 3.57. The molecule has 0 aromatic carbocycles. The molecule has 1 atom stereocenters. The molecule has 2 heterocycles. The highest BCUT2D eigenvalue weighted by atomic mass is 19.4. The molecule has 0 amide bonds. The molecule has 1 aliphatic rings. The highest BCUT2D eigenvalue weighted by Gasteiger charge is 2.33. The molecular weight excluding hydrogens is 321 g/mol. The molecule has 2 rings (SSSR count). The van der Waals surface area contributed by atoms with Crippen LogP contribution in [0.1, 0.15) is 44.1 Å². The first-order valence-corrected chi connectivity index (χ1v) is 7.81. The van der Waals surface area contributed by atoms with Gasteiger partial charge in [-0.05, 0) is 57.4 Å². The summed E-state index contributed by atoms with van der Waals surface area (Å²) in [5.74, 6) is 0. The number of ether oxygens (including phenoxy) is 1. The molecule has 0 radical (unpaired) electrons. The number of nitrogens with zero attached hydrogens (tertiary/aromatic N) is 2. The van der Waals surface area contributed by atoms with Crippen LogP contribution in [0.2, 0.25) is 0 Å². The minimum Gasteiger partial charge on any atom is -0.356 e. The van der Waals surface area contributed by atoms with E-state index in [1.807, 2.05) is 26.8 Å². The van der Waals surface area contributed by atoms with Crippen LogP contribution >= 0.6 is 0 Å². The molecule has 0 bridgehead atoms. The molecule has 1 N–H and O–H groups in total. The number of aliphatic hydroxyl groups excluding tert-OH is 1. The zero-order valence-corrected chi connectivity index (χ0v) is 14.3. The highest BCUT2D eigenvalue weighted by molar-refractivity contribution is 5.68. The molecule has 24 heavy (non-hydrogen) atoms. The van der Waals surface area contributed by atoms with Gasteiger partial charge in [-0.15, -0.1) is 0 Å². The van der Waals surface area contributed by atoms with Crippen LogP contribution < -0.4 is 0 Å². The first-order chi connectivity index (χ1) is 11.0. The Kier molecular flexibility index (Phi) is 5.37. The lowest BCUT2D eigenvalue weighted by Gasteiger charge is -2.35. The van der Waals surface area contributed by atoms with Gasteiger partial charge in [-0.25, -0.2) is 4.98 Å². The molecule has 1 aliphatic heterocycles. The van der Waals surface area contributed by atoms with Gasteiger partial charge in [0, 0.05) is 18.8 Å². The SMILES string of the molecule is Cc1cc(C2=CCCN(C(O)OC(C)(C)C)C2)cc(C(F)(F)F)n1. The Morgan fingerprint density at radius 3 is 2.50 bits per heavy atom. The van der Waals surface area contributed by atoms with Crippen LogP contribution in [0, 0.1) is 6.92 Å². The number of alkyl halides is 3. The quantitative estimate of drug-likeness (QED) is 0.851. The molecule has 1 unspecified atom stereocenters. The van der Waals surface area contributed by atoms with Crippen LogP contribution in [0.5, 0.6) is 0 Å². The average Bonchev–Trinajstić information content (AvgIpc) is 2.44. The Hall–Kier alpha value is -1.44. The number of aryl methyl sites for hydroxylation is 1. The van der Waals surface area contributed by atoms with Crippen molar-refractivity contribution in [1.29, 1.82) is 0 Å². The number of aromatic nitrogens is 1. The predicted octanol–water partition coefficient (Wildman–Crippen LogP) is 3.59. The molecule has 7 heteroatoms. The Morgan fingerprint density at radius 2 is 1.92 bits per heavy atom. The Bertz CT molecular complexity index is 621. The maximum absolute atomic E-state index is 13.0. The van der Waals surface area contributed by atoms with E-state index in [9.17, 15) is 18.3 Å². The summed E-state index contributed by atoms with van der Waals surface area (Å²) in [5.41, 5.74) is 0.0971. The van der Waals surface area contributed by atoms with Gasteiger partial charge < -0.3 is 9.84 Å². The largest absolute Gasteiger partial charge is 0.433 e. The summed E-state index contributed by atoms with van der Waals surface area (Å²) >= 11 is 0. The summed E-state index contributed by atoms with van der Waals surface area (Å²) in [4.78, 5) is 5.26. The fourth-order valence-electron chi connectivity index (χ4n) is 2.55. The van der Waals surface area contributed by atoms with Gasteiger partial charge in [0.1, 0.15) is 5.69 Å². The van der Waals surface area contributed by atoms with E-state index in [-0.39, 0.29) is 0 Å². The lowest BCUT2D eigenvalue weighted by atomic mass is 10.0. The molecular formula is C17H23F3N2O2. The monoisotopic (exact) mass is 344 g/mol. The van der Waals surface area contributed by atoms with E-state index in [1.54, 1.807) is 11.0 Å². The summed E-state index contributed by atoms with van der Waals surface area (Å²) in [6, 6.07) is 2.68. The van der Waals surface area contributed by atoms with Crippen LogP contribution in [0.25, 0.3) is 5.57 Å². The summed E-state index contributed by atoms with van der Waals surface area (Å²) in [6.07, 6.45) is -3.05. The van der Waals surface area contributed by atoms with Gasteiger partial charge in [0.25, 0.3) is 0 Å². The second-order valence-corrected chi connectivity index (χ2v) is 6.93. The van der Waals surface area contributed by atoms with E-state index >= 15 is 0 Å². The number of pyridine rings is 1. The number of hydrogen-bond donors (Lipinski definition) is 1. The molecule has 0 aliphatic carbocycles. The second kappa shape index (κ2) is 6.82. The van der Waals surface area contributed by atoms with Crippen LogP contribution in [0.3, 0.4) is 0 Å². The first kappa shape index (κ1) is 18.9. The maximum Gasteiger partial charge on any atom is 0.433 e. The van der Waals surface area contributed by atoms with Crippen molar-refractivity contribution in [3.63, 3.8) is 0 Å². The Balaban J connectivity index is 2.21. The number of halogens is 3. The van der Waals surface area contributed by atoms with Gasteiger partial charge in [-0.3, -0.25) is 4.90 Å². The van der Waals surface area contributed by atoms with Gasteiger partial charge in [0.2, 0.25) is 6.41 Å². The van der Waals surface area contributed by atoms with E-state index in [2.05, 4.69) is 4.98 Å². The normalized spacial score (nSPS) is 18.4. The second-order valence-electron chi connectivity index (χ2n) is 6.93. The van der Waals surface area contributed by atoms with E-state index in [0.29, 0.717) is 30.8 Å². The van der Waals surface area contributed by atoms with E-state index in [1.165, 1.54) is 6.92 Å². The lowest BCUT2D eigenvalue weighted by molar-refractivity contribution is -0.236. The van der Waals surface area contributed by atoms with Crippen molar-refractivity contribution in [3.05, 3.63) is 35.2 Å². The minimum absolute atomic E-state index is 0.310. The van der Waals surface area contributed by atoms with Gasteiger partial charge in [0.05, 0.1) is 5.60 Å². The van der Waals surface area contributed by atoms with Crippen molar-refractivity contribution < 1.29 is 23.0 Å². The van der Waals surface area contributed by atoms with E-state index in [4.69, 9.17) is 4.74 Å². The third kappa shape index (κ3) is 5.03. The smallest absolute Gasteiger partial charge is 0.356 e. The molecule has 1 aromatic heterocycles. The molecule has 4 nitrogen and oxygen atoms in total. The molecule has 0 spiro atoms. The Labute approximate surface area is 139 Å². The molecule has 1 aromatic rings. The van der Waals surface area contributed by atoms with Crippen molar-refractivity contribution in [2.24, 2.45) is 0 Å². The highest BCUT2D eigenvalue weighted by Crippen LogP contribution is 2.31. The van der Waals surface area contributed by atoms with Gasteiger partial charge in [-0.2, -0.15) is 13.2 Å². The van der Waals surface area contributed by atoms with Crippen LogP contribution in [-0.2, 0) is 10.9 Å². The van der Waals surface area contributed by atoms with Crippen LogP contribution in [-0.4, -0.2) is 40.1 Å². The fraction of sp³-hybridized carbons (Fsp3) is 0.588. The van der Waals surface area contributed by atoms with Crippen LogP contribution in [0.4, 0.5) is 13.2 Å². The number of rotatable bonds is 3. The van der Waals surface area contributed by atoms with Crippen molar-refractivity contribution >= 4 is 5.57 Å².